The molecule has 1 aliphatic rings. The first-order valence-electron chi connectivity index (χ1n) is 16.1. The van der Waals surface area contributed by atoms with E-state index >= 15 is 0 Å². The number of amidine groups is 1. The number of methoxy groups -OCH3 is 3. The van der Waals surface area contributed by atoms with E-state index in [0.29, 0.717) is 77.5 Å². The van der Waals surface area contributed by atoms with Crippen molar-refractivity contribution < 1.29 is 33.8 Å². The molecule has 0 spiro atoms. The van der Waals surface area contributed by atoms with Crippen molar-refractivity contribution in [2.45, 2.75) is 30.8 Å². The number of rotatable bonds is 16. The summed E-state index contributed by atoms with van der Waals surface area (Å²) in [6.07, 6.45) is 1.79. The van der Waals surface area contributed by atoms with Crippen LogP contribution in [0.25, 0.3) is 0 Å². The number of piperidine rings is 1. The summed E-state index contributed by atoms with van der Waals surface area (Å²) in [6.45, 7) is 2.01. The fraction of sp³-hybridized carbons (Fsp3) is 0.417. The van der Waals surface area contributed by atoms with Crippen molar-refractivity contribution in [1.82, 2.24) is 9.80 Å². The van der Waals surface area contributed by atoms with Crippen molar-refractivity contribution in [2.24, 2.45) is 16.0 Å². The van der Waals surface area contributed by atoms with Crippen LogP contribution < -0.4 is 19.9 Å². The summed E-state index contributed by atoms with van der Waals surface area (Å²) >= 11 is 12.8. The minimum absolute atomic E-state index is 0.0789. The predicted octanol–water partition coefficient (Wildman–Crippen LogP) is 5.54. The van der Waals surface area contributed by atoms with Crippen LogP contribution in [-0.2, 0) is 15.3 Å². The van der Waals surface area contributed by atoms with Crippen molar-refractivity contribution in [3.63, 3.8) is 0 Å². The van der Waals surface area contributed by atoms with Gasteiger partial charge in [-0.3, -0.25) is 4.79 Å². The lowest BCUT2D eigenvalue weighted by Gasteiger charge is -2.39. The number of ether oxygens (including phenoxy) is 3. The highest BCUT2D eigenvalue weighted by Gasteiger charge is 2.34. The summed E-state index contributed by atoms with van der Waals surface area (Å²) in [7, 11) is 7.53. The molecule has 50 heavy (non-hydrogen) atoms. The van der Waals surface area contributed by atoms with Crippen LogP contribution in [0.4, 0.5) is 0 Å². The molecule has 3 aromatic rings. The topological polar surface area (TPSA) is 141 Å². The molecule has 0 bridgehead atoms. The lowest BCUT2D eigenvalue weighted by atomic mass is 9.84. The van der Waals surface area contributed by atoms with E-state index in [1.165, 1.54) is 33.3 Å². The van der Waals surface area contributed by atoms with Crippen LogP contribution in [0.1, 0.15) is 46.7 Å². The molecule has 1 amide bonds. The SMILES string of the molecule is CO/N=C(\N)CO/N=C(\CN(C)C(=O)c1cc(OC)c(OC)c(OC)c1)C(CCN1CCC(O)(c2ccccc2)CC1)c1ccc(Cl)c(Cl)c1. The number of halogens is 2. The Balaban J connectivity index is 1.63. The number of nitrogens with zero attached hydrogens (tertiary/aromatic N) is 4. The van der Waals surface area contributed by atoms with Gasteiger partial charge < -0.3 is 44.5 Å². The maximum atomic E-state index is 13.9. The second-order valence-electron chi connectivity index (χ2n) is 12.0. The van der Waals surface area contributed by atoms with Gasteiger partial charge in [-0.1, -0.05) is 69.9 Å². The molecular formula is C36H45Cl2N5O7. The van der Waals surface area contributed by atoms with Gasteiger partial charge in [-0.05, 0) is 61.2 Å². The Labute approximate surface area is 303 Å². The molecule has 1 saturated heterocycles. The predicted molar refractivity (Wildman–Crippen MR) is 195 cm³/mol. The molecule has 0 radical (unpaired) electrons. The second-order valence-corrected chi connectivity index (χ2v) is 12.8. The number of oxime groups is 2. The number of benzene rings is 3. The van der Waals surface area contributed by atoms with E-state index in [1.807, 2.05) is 36.4 Å². The van der Waals surface area contributed by atoms with Gasteiger partial charge in [0.05, 0.1) is 49.2 Å². The maximum Gasteiger partial charge on any atom is 0.254 e. The Hall–Kier alpha value is -4.23. The quantitative estimate of drug-likeness (QED) is 0.111. The van der Waals surface area contributed by atoms with Crippen LogP contribution in [0, 0.1) is 0 Å². The molecule has 4 rings (SSSR count). The number of hydrogen-bond donors (Lipinski definition) is 2. The van der Waals surface area contributed by atoms with Gasteiger partial charge in [-0.15, -0.1) is 0 Å². The molecule has 1 aliphatic heterocycles. The first kappa shape index (κ1) is 38.6. The molecule has 0 aliphatic carbocycles. The van der Waals surface area contributed by atoms with Crippen molar-refractivity contribution in [1.29, 1.82) is 0 Å². The summed E-state index contributed by atoms with van der Waals surface area (Å²) in [6, 6.07) is 18.4. The molecule has 3 N–H and O–H groups in total. The monoisotopic (exact) mass is 729 g/mol. The molecule has 0 aromatic heterocycles. The van der Waals surface area contributed by atoms with E-state index in [0.717, 1.165) is 11.1 Å². The molecule has 1 fully saturated rings. The van der Waals surface area contributed by atoms with Gasteiger partial charge >= 0.3 is 0 Å². The fourth-order valence-electron chi connectivity index (χ4n) is 6.02. The molecule has 14 heteroatoms. The van der Waals surface area contributed by atoms with Gasteiger partial charge in [0.25, 0.3) is 5.91 Å². The molecule has 270 valence electrons. The summed E-state index contributed by atoms with van der Waals surface area (Å²) in [5.41, 5.74) is 7.64. The zero-order valence-corrected chi connectivity index (χ0v) is 30.5. The third-order valence-electron chi connectivity index (χ3n) is 8.74. The average Bonchev–Trinajstić information content (AvgIpc) is 3.13. The highest BCUT2D eigenvalue weighted by Crippen LogP contribution is 2.39. The molecule has 1 heterocycles. The maximum absolute atomic E-state index is 13.9. The van der Waals surface area contributed by atoms with Crippen LogP contribution >= 0.6 is 23.2 Å². The number of nitrogens with two attached hydrogens (primary N) is 1. The Morgan fingerprint density at radius 2 is 1.62 bits per heavy atom. The van der Waals surface area contributed by atoms with E-state index in [1.54, 1.807) is 31.3 Å². The Morgan fingerprint density at radius 3 is 2.20 bits per heavy atom. The molecule has 0 saturated carbocycles. The minimum Gasteiger partial charge on any atom is -0.493 e. The summed E-state index contributed by atoms with van der Waals surface area (Å²) in [5, 5.41) is 20.4. The zero-order chi connectivity index (χ0) is 36.3. The van der Waals surface area contributed by atoms with Crippen LogP contribution in [-0.4, -0.2) is 101 Å². The normalized spacial score (nSPS) is 15.6. The van der Waals surface area contributed by atoms with E-state index in [-0.39, 0.29) is 30.8 Å². The van der Waals surface area contributed by atoms with Crippen molar-refractivity contribution in [3.05, 3.63) is 87.4 Å². The third kappa shape index (κ3) is 9.72. The van der Waals surface area contributed by atoms with Crippen molar-refractivity contribution in [2.75, 3.05) is 68.3 Å². The second kappa shape index (κ2) is 18.1. The summed E-state index contributed by atoms with van der Waals surface area (Å²) < 4.78 is 16.4. The minimum atomic E-state index is -0.874. The first-order valence-corrected chi connectivity index (χ1v) is 16.8. The summed E-state index contributed by atoms with van der Waals surface area (Å²) in [5.74, 6) is 0.491. The number of carbonyl (C=O) groups excluding carboxylic acids is 1. The highest BCUT2D eigenvalue weighted by molar-refractivity contribution is 6.42. The summed E-state index contributed by atoms with van der Waals surface area (Å²) in [4.78, 5) is 28.1. The van der Waals surface area contributed by atoms with Gasteiger partial charge in [0.1, 0.15) is 7.11 Å². The third-order valence-corrected chi connectivity index (χ3v) is 9.48. The van der Waals surface area contributed by atoms with Crippen LogP contribution in [0.5, 0.6) is 17.2 Å². The smallest absolute Gasteiger partial charge is 0.254 e. The van der Waals surface area contributed by atoms with Gasteiger partial charge in [-0.25, -0.2) is 0 Å². The lowest BCUT2D eigenvalue weighted by molar-refractivity contribution is -0.0261. The standard InChI is InChI=1S/C36H45Cl2N5O7/c1-42(35(44)25-20-31(46-2)34(48-4)32(21-25)47-3)22-30(40-50-23-33(39)41-49-5)27(24-11-12-28(37)29(38)19-24)13-16-43-17-14-36(45,15-18-43)26-9-7-6-8-10-26/h6-12,19-21,27,45H,13-18,22-23H2,1-5H3,(H2,39,41)/b40-30+. The van der Waals surface area contributed by atoms with Crippen LogP contribution in [0.2, 0.25) is 10.0 Å². The van der Waals surface area contributed by atoms with E-state index in [9.17, 15) is 9.90 Å². The first-order chi connectivity index (χ1) is 24.0. The van der Waals surface area contributed by atoms with E-state index in [4.69, 9.17) is 52.8 Å². The number of carbonyl (C=O) groups is 1. The molecule has 3 aromatic carbocycles. The molecular weight excluding hydrogens is 685 g/mol. The van der Waals surface area contributed by atoms with Gasteiger partial charge in [0, 0.05) is 31.6 Å². The molecule has 12 nitrogen and oxygen atoms in total. The Kier molecular flexibility index (Phi) is 14.0. The van der Waals surface area contributed by atoms with Crippen LogP contribution in [0.15, 0.2) is 71.0 Å². The molecule has 1 unspecified atom stereocenters. The number of aliphatic hydroxyl groups is 1. The Bertz CT molecular complexity index is 1620. The van der Waals surface area contributed by atoms with Gasteiger partial charge in [0.15, 0.2) is 23.9 Å². The number of amides is 1. The van der Waals surface area contributed by atoms with Gasteiger partial charge in [-0.2, -0.15) is 0 Å². The van der Waals surface area contributed by atoms with E-state index in [2.05, 4.69) is 15.2 Å². The van der Waals surface area contributed by atoms with E-state index < -0.39 is 5.60 Å². The van der Waals surface area contributed by atoms with Crippen molar-refractivity contribution in [3.8, 4) is 17.2 Å². The van der Waals surface area contributed by atoms with Gasteiger partial charge in [0.2, 0.25) is 5.75 Å². The van der Waals surface area contributed by atoms with Crippen molar-refractivity contribution >= 4 is 40.7 Å². The lowest BCUT2D eigenvalue weighted by Crippen LogP contribution is -2.43. The fourth-order valence-corrected chi connectivity index (χ4v) is 6.32. The number of hydrogen-bond acceptors (Lipinski definition) is 10. The largest absolute Gasteiger partial charge is 0.493 e. The molecule has 1 atom stereocenters. The average molecular weight is 731 g/mol. The highest BCUT2D eigenvalue weighted by atomic mass is 35.5. The zero-order valence-electron chi connectivity index (χ0n) is 29.0. The number of likely N-dealkylation sites (tertiary alicyclic amines) is 1. The Morgan fingerprint density at radius 1 is 0.960 bits per heavy atom. The van der Waals surface area contributed by atoms with Crippen LogP contribution in [0.3, 0.4) is 0 Å².